The number of hydrogen-bond acceptors (Lipinski definition) is 9. The second kappa shape index (κ2) is 12.4. The van der Waals surface area contributed by atoms with Crippen molar-refractivity contribution in [2.24, 2.45) is 0 Å². The minimum atomic E-state index is -0.855. The smallest absolute Gasteiger partial charge is 0.273 e. The van der Waals surface area contributed by atoms with Crippen molar-refractivity contribution in [3.63, 3.8) is 0 Å². The Morgan fingerprint density at radius 3 is 2.87 bits per heavy atom. The average molecular weight is 523 g/mol. The fourth-order valence-electron chi connectivity index (χ4n) is 4.94. The van der Waals surface area contributed by atoms with E-state index in [0.717, 1.165) is 61.4 Å². The van der Waals surface area contributed by atoms with Gasteiger partial charge in [0.15, 0.2) is 5.78 Å². The lowest BCUT2D eigenvalue weighted by atomic mass is 10.0. The normalized spacial score (nSPS) is 14.2. The predicted octanol–water partition coefficient (Wildman–Crippen LogP) is 2.76. The van der Waals surface area contributed by atoms with Crippen LogP contribution in [0, 0.1) is 0 Å². The molecular formula is C28H40N7O3+. The molecule has 0 fully saturated rings. The lowest BCUT2D eigenvalue weighted by Gasteiger charge is -2.30. The van der Waals surface area contributed by atoms with Gasteiger partial charge in [0.25, 0.3) is 12.1 Å². The molecular weight excluding hydrogens is 482 g/mol. The number of anilines is 2. The monoisotopic (exact) mass is 522 g/mol. The summed E-state index contributed by atoms with van der Waals surface area (Å²) < 4.78 is 0.888. The van der Waals surface area contributed by atoms with Crippen LogP contribution in [0.2, 0.25) is 0 Å². The maximum atomic E-state index is 12.5. The highest BCUT2D eigenvalue weighted by atomic mass is 16.5. The van der Waals surface area contributed by atoms with E-state index in [9.17, 15) is 15.1 Å². The van der Waals surface area contributed by atoms with Gasteiger partial charge in [-0.1, -0.05) is 15.8 Å². The highest BCUT2D eigenvalue weighted by Crippen LogP contribution is 2.21. The highest BCUT2D eigenvalue weighted by Gasteiger charge is 2.25. The number of nitrogens with one attached hydrogen (secondary N) is 2. The van der Waals surface area contributed by atoms with E-state index >= 15 is 0 Å². The molecule has 4 rings (SSSR count). The molecule has 4 heterocycles. The van der Waals surface area contributed by atoms with E-state index in [2.05, 4.69) is 37.6 Å². The van der Waals surface area contributed by atoms with E-state index in [1.165, 1.54) is 11.9 Å². The molecule has 1 aliphatic heterocycles. The Labute approximate surface area is 224 Å². The summed E-state index contributed by atoms with van der Waals surface area (Å²) in [4.78, 5) is 27.9. The Hall–Kier alpha value is -3.37. The van der Waals surface area contributed by atoms with Crippen molar-refractivity contribution in [3.8, 4) is 0 Å². The van der Waals surface area contributed by atoms with Gasteiger partial charge in [-0.3, -0.25) is 10.1 Å². The van der Waals surface area contributed by atoms with Crippen molar-refractivity contribution in [3.05, 3.63) is 48.0 Å². The molecule has 0 aromatic carbocycles. The first kappa shape index (κ1) is 27.7. The first-order chi connectivity index (χ1) is 18.2. The van der Waals surface area contributed by atoms with Gasteiger partial charge in [-0.15, -0.1) is 0 Å². The van der Waals surface area contributed by atoms with Crippen molar-refractivity contribution >= 4 is 28.5 Å². The Bertz CT molecular complexity index is 1240. The summed E-state index contributed by atoms with van der Waals surface area (Å²) >= 11 is 0. The number of hydrogen-bond donors (Lipinski definition) is 4. The van der Waals surface area contributed by atoms with Gasteiger partial charge in [-0.25, -0.2) is 9.97 Å². The summed E-state index contributed by atoms with van der Waals surface area (Å²) in [7, 11) is 0. The first-order valence-corrected chi connectivity index (χ1v) is 13.5. The first-order valence-electron chi connectivity index (χ1n) is 13.5. The SMILES string of the molecule is CC(=O)[C@H](CCN(CCCCc1ccc2c(n1)NCCC2)CC(C)(C)O)Nc1c2cccnc2nc[n+]1O. The minimum Gasteiger partial charge on any atom is -0.389 e. The number of carbonyl (C=O) groups is 1. The van der Waals surface area contributed by atoms with Crippen molar-refractivity contribution in [2.75, 3.05) is 36.8 Å². The van der Waals surface area contributed by atoms with Crippen molar-refractivity contribution < 1.29 is 19.8 Å². The van der Waals surface area contributed by atoms with Crippen LogP contribution in [0.5, 0.6) is 0 Å². The second-order valence-electron chi connectivity index (χ2n) is 10.8. The second-order valence-corrected chi connectivity index (χ2v) is 10.8. The van der Waals surface area contributed by atoms with E-state index in [-0.39, 0.29) is 5.78 Å². The molecule has 3 aromatic rings. The van der Waals surface area contributed by atoms with Crippen molar-refractivity contribution in [2.45, 2.75) is 70.9 Å². The van der Waals surface area contributed by atoms with Crippen LogP contribution in [-0.4, -0.2) is 73.8 Å². The fraction of sp³-hybridized carbons (Fsp3) is 0.536. The summed E-state index contributed by atoms with van der Waals surface area (Å²) in [5.74, 6) is 1.38. The molecule has 1 aliphatic rings. The van der Waals surface area contributed by atoms with Crippen LogP contribution < -0.4 is 15.4 Å². The number of aliphatic hydroxyl groups is 1. The molecule has 3 aromatic heterocycles. The van der Waals surface area contributed by atoms with E-state index in [1.807, 2.05) is 0 Å². The average Bonchev–Trinajstić information content (AvgIpc) is 2.88. The number of Topliss-reactive ketones (excluding diaryl/α,β-unsaturated/α-hetero) is 1. The molecule has 1 atom stereocenters. The Morgan fingerprint density at radius 1 is 1.24 bits per heavy atom. The van der Waals surface area contributed by atoms with Crippen LogP contribution in [0.15, 0.2) is 36.8 Å². The Kier molecular flexibility index (Phi) is 9.06. The van der Waals surface area contributed by atoms with E-state index in [1.54, 1.807) is 39.1 Å². The number of rotatable bonds is 13. The van der Waals surface area contributed by atoms with Gasteiger partial charge in [0.2, 0.25) is 5.65 Å². The molecule has 0 saturated heterocycles. The molecule has 0 unspecified atom stereocenters. The van der Waals surface area contributed by atoms with Crippen LogP contribution in [0.25, 0.3) is 11.0 Å². The number of nitrogens with zero attached hydrogens (tertiary/aromatic N) is 5. The van der Waals surface area contributed by atoms with E-state index in [4.69, 9.17) is 4.98 Å². The summed E-state index contributed by atoms with van der Waals surface area (Å²) in [6.07, 6.45) is 8.52. The lowest BCUT2D eigenvalue weighted by Crippen LogP contribution is -2.43. The molecule has 0 saturated carbocycles. The van der Waals surface area contributed by atoms with Gasteiger partial charge in [0, 0.05) is 37.9 Å². The number of carbonyl (C=O) groups excluding carboxylic acids is 1. The largest absolute Gasteiger partial charge is 0.389 e. The van der Waals surface area contributed by atoms with Gasteiger partial charge in [0.05, 0.1) is 5.60 Å². The summed E-state index contributed by atoms with van der Waals surface area (Å²) in [6.45, 7) is 8.06. The van der Waals surface area contributed by atoms with Gasteiger partial charge < -0.3 is 20.5 Å². The van der Waals surface area contributed by atoms with E-state index in [0.29, 0.717) is 36.4 Å². The topological polar surface area (TPSA) is 127 Å². The standard InChI is InChI=1S/C28H39N7O3/c1-20(36)24(33-27-23-10-7-15-30-26(23)31-19-35(27)38)13-17-34(18-28(2,3)37)16-5-4-9-22-12-11-21-8-6-14-29-25(21)32-22/h7,10-12,15,19,24,37-38H,4-6,8-9,13-14,16-18H2,1-3H3,(H,29,32)/p+1/t24-/m0/s1. The third-order valence-corrected chi connectivity index (χ3v) is 6.82. The number of aromatic nitrogens is 4. The number of fused-ring (bicyclic) bond motifs is 2. The third-order valence-electron chi connectivity index (χ3n) is 6.82. The molecule has 0 spiro atoms. The molecule has 4 N–H and O–H groups in total. The van der Waals surface area contributed by atoms with Crippen LogP contribution in [0.3, 0.4) is 0 Å². The van der Waals surface area contributed by atoms with Gasteiger partial charge in [-0.05, 0) is 83.2 Å². The number of unbranched alkanes of at least 4 members (excludes halogenated alkanes) is 1. The van der Waals surface area contributed by atoms with Crippen LogP contribution in [0.4, 0.5) is 11.6 Å². The molecule has 204 valence electrons. The maximum Gasteiger partial charge on any atom is 0.273 e. The van der Waals surface area contributed by atoms with Gasteiger partial charge >= 0.3 is 0 Å². The zero-order valence-electron chi connectivity index (χ0n) is 22.7. The van der Waals surface area contributed by atoms with Crippen LogP contribution >= 0.6 is 0 Å². The zero-order chi connectivity index (χ0) is 27.1. The van der Waals surface area contributed by atoms with Gasteiger partial charge in [0.1, 0.15) is 17.2 Å². The molecule has 0 aliphatic carbocycles. The number of aryl methyl sites for hydroxylation is 2. The van der Waals surface area contributed by atoms with Crippen LogP contribution in [0.1, 0.15) is 57.7 Å². The molecule has 0 bridgehead atoms. The van der Waals surface area contributed by atoms with Crippen molar-refractivity contribution in [1.82, 2.24) is 19.9 Å². The molecule has 10 heteroatoms. The number of ketones is 1. The predicted molar refractivity (Wildman–Crippen MR) is 146 cm³/mol. The highest BCUT2D eigenvalue weighted by molar-refractivity contribution is 5.89. The van der Waals surface area contributed by atoms with Crippen LogP contribution in [-0.2, 0) is 17.6 Å². The van der Waals surface area contributed by atoms with Gasteiger partial charge in [-0.2, -0.15) is 0 Å². The minimum absolute atomic E-state index is 0.0332. The summed E-state index contributed by atoms with van der Waals surface area (Å²) in [5.41, 5.74) is 2.03. The summed E-state index contributed by atoms with van der Waals surface area (Å²) in [5, 5.41) is 28.1. The molecule has 10 nitrogen and oxygen atoms in total. The number of pyridine rings is 2. The molecule has 38 heavy (non-hydrogen) atoms. The maximum absolute atomic E-state index is 12.5. The fourth-order valence-corrected chi connectivity index (χ4v) is 4.94. The Morgan fingerprint density at radius 2 is 2.08 bits per heavy atom. The Balaban J connectivity index is 1.35. The van der Waals surface area contributed by atoms with E-state index < -0.39 is 11.6 Å². The van der Waals surface area contributed by atoms with Crippen molar-refractivity contribution in [1.29, 1.82) is 0 Å². The molecule has 0 radical (unpaired) electrons. The zero-order valence-corrected chi connectivity index (χ0v) is 22.7. The lowest BCUT2D eigenvalue weighted by molar-refractivity contribution is -0.894. The third kappa shape index (κ3) is 7.58. The molecule has 0 amide bonds. The quantitative estimate of drug-likeness (QED) is 0.152. The summed E-state index contributed by atoms with van der Waals surface area (Å²) in [6, 6.07) is 7.37.